The molecule has 2 rings (SSSR count). The van der Waals surface area contributed by atoms with Gasteiger partial charge in [0, 0.05) is 6.20 Å². The number of thiocarbonyl (C=S) groups is 1. The Labute approximate surface area is 107 Å². The zero-order valence-electron chi connectivity index (χ0n) is 10.1. The molecule has 4 heteroatoms. The van der Waals surface area contributed by atoms with Crippen LogP contribution in [0.2, 0.25) is 0 Å². The van der Waals surface area contributed by atoms with Gasteiger partial charge in [0.25, 0.3) is 0 Å². The Hall–Kier alpha value is -1.16. The Morgan fingerprint density at radius 1 is 1.53 bits per heavy atom. The van der Waals surface area contributed by atoms with Crippen LogP contribution in [0.15, 0.2) is 18.3 Å². The molecule has 0 spiro atoms. The average molecular weight is 250 g/mol. The third-order valence-electron chi connectivity index (χ3n) is 3.19. The number of nitrogens with two attached hydrogens (primary N) is 1. The summed E-state index contributed by atoms with van der Waals surface area (Å²) in [4.78, 5) is 4.47. The van der Waals surface area contributed by atoms with Gasteiger partial charge in [-0.2, -0.15) is 0 Å². The van der Waals surface area contributed by atoms with E-state index in [0.29, 0.717) is 10.7 Å². The van der Waals surface area contributed by atoms with Crippen molar-refractivity contribution in [2.24, 2.45) is 11.7 Å². The van der Waals surface area contributed by atoms with Crippen molar-refractivity contribution in [3.05, 3.63) is 24.0 Å². The average Bonchev–Trinajstić information content (AvgIpc) is 2.29. The summed E-state index contributed by atoms with van der Waals surface area (Å²) in [5, 5.41) is 0. The van der Waals surface area contributed by atoms with Crippen molar-refractivity contribution in [2.45, 2.75) is 38.7 Å². The first kappa shape index (κ1) is 12.3. The van der Waals surface area contributed by atoms with Crippen molar-refractivity contribution < 1.29 is 4.74 Å². The predicted octanol–water partition coefficient (Wildman–Crippen LogP) is 2.67. The van der Waals surface area contributed by atoms with Crippen LogP contribution >= 0.6 is 12.2 Å². The summed E-state index contributed by atoms with van der Waals surface area (Å²) in [6.07, 6.45) is 6.70. The fourth-order valence-corrected chi connectivity index (χ4v) is 2.49. The van der Waals surface area contributed by atoms with E-state index in [1.165, 1.54) is 12.8 Å². The number of ether oxygens (including phenoxy) is 1. The predicted molar refractivity (Wildman–Crippen MR) is 72.2 cm³/mol. The van der Waals surface area contributed by atoms with Crippen LogP contribution in [0, 0.1) is 5.92 Å². The van der Waals surface area contributed by atoms with Crippen molar-refractivity contribution in [3.8, 4) is 5.75 Å². The van der Waals surface area contributed by atoms with Gasteiger partial charge in [-0.1, -0.05) is 25.6 Å². The minimum atomic E-state index is 0.274. The highest BCUT2D eigenvalue weighted by Crippen LogP contribution is 2.28. The molecular weight excluding hydrogens is 232 g/mol. The van der Waals surface area contributed by atoms with Gasteiger partial charge >= 0.3 is 0 Å². The lowest BCUT2D eigenvalue weighted by Gasteiger charge is -2.27. The molecular formula is C13H18N2OS. The van der Waals surface area contributed by atoms with Gasteiger partial charge in [-0.3, -0.25) is 0 Å². The van der Waals surface area contributed by atoms with E-state index >= 15 is 0 Å². The minimum Gasteiger partial charge on any atom is -0.488 e. The van der Waals surface area contributed by atoms with Crippen molar-refractivity contribution >= 4 is 17.2 Å². The lowest BCUT2D eigenvalue weighted by molar-refractivity contribution is 0.128. The molecule has 0 radical (unpaired) electrons. The molecule has 2 N–H and O–H groups in total. The van der Waals surface area contributed by atoms with Gasteiger partial charge in [0.05, 0.1) is 6.10 Å². The first-order valence-electron chi connectivity index (χ1n) is 6.08. The molecule has 1 saturated carbocycles. The summed E-state index contributed by atoms with van der Waals surface area (Å²) in [7, 11) is 0. The van der Waals surface area contributed by atoms with Gasteiger partial charge in [-0.25, -0.2) is 4.98 Å². The molecule has 2 atom stereocenters. The third kappa shape index (κ3) is 3.16. The van der Waals surface area contributed by atoms with Gasteiger partial charge in [0.15, 0.2) is 0 Å². The molecule has 1 aliphatic rings. The molecule has 17 heavy (non-hydrogen) atoms. The van der Waals surface area contributed by atoms with E-state index in [0.717, 1.165) is 24.5 Å². The summed E-state index contributed by atoms with van der Waals surface area (Å²) >= 11 is 4.98. The van der Waals surface area contributed by atoms with Crippen LogP contribution in [-0.4, -0.2) is 16.1 Å². The Morgan fingerprint density at radius 2 is 2.35 bits per heavy atom. The number of hydrogen-bond acceptors (Lipinski definition) is 3. The molecule has 1 aromatic rings. The molecule has 0 saturated heterocycles. The van der Waals surface area contributed by atoms with Crippen molar-refractivity contribution in [3.63, 3.8) is 0 Å². The molecule has 1 aliphatic carbocycles. The maximum Gasteiger partial charge on any atom is 0.148 e. The summed E-state index contributed by atoms with van der Waals surface area (Å²) < 4.78 is 5.99. The monoisotopic (exact) mass is 250 g/mol. The van der Waals surface area contributed by atoms with Crippen LogP contribution in [0.5, 0.6) is 5.75 Å². The molecule has 92 valence electrons. The van der Waals surface area contributed by atoms with Gasteiger partial charge < -0.3 is 10.5 Å². The number of pyridine rings is 1. The fraction of sp³-hybridized carbons (Fsp3) is 0.538. The molecule has 2 unspecified atom stereocenters. The second-order valence-corrected chi connectivity index (χ2v) is 5.17. The molecule has 1 fully saturated rings. The largest absolute Gasteiger partial charge is 0.488 e. The van der Waals surface area contributed by atoms with Gasteiger partial charge in [-0.05, 0) is 37.3 Å². The maximum absolute atomic E-state index is 5.99. The van der Waals surface area contributed by atoms with Crippen LogP contribution in [0.25, 0.3) is 0 Å². The van der Waals surface area contributed by atoms with Gasteiger partial charge in [-0.15, -0.1) is 0 Å². The van der Waals surface area contributed by atoms with E-state index in [9.17, 15) is 0 Å². The van der Waals surface area contributed by atoms with Crippen LogP contribution in [-0.2, 0) is 0 Å². The smallest absolute Gasteiger partial charge is 0.148 e. The van der Waals surface area contributed by atoms with E-state index in [2.05, 4.69) is 11.9 Å². The molecule has 0 aromatic carbocycles. The number of aromatic nitrogens is 1. The Morgan fingerprint density at radius 3 is 3.06 bits per heavy atom. The van der Waals surface area contributed by atoms with E-state index in [1.54, 1.807) is 6.20 Å². The Kier molecular flexibility index (Phi) is 3.94. The Bertz CT molecular complexity index is 408. The molecule has 1 heterocycles. The van der Waals surface area contributed by atoms with Crippen LogP contribution in [0.1, 0.15) is 38.3 Å². The first-order chi connectivity index (χ1) is 8.16. The van der Waals surface area contributed by atoms with E-state index < -0.39 is 0 Å². The van der Waals surface area contributed by atoms with Crippen LogP contribution in [0.4, 0.5) is 0 Å². The zero-order valence-corrected chi connectivity index (χ0v) is 10.9. The lowest BCUT2D eigenvalue weighted by Crippen LogP contribution is -2.25. The molecule has 0 bridgehead atoms. The molecule has 3 nitrogen and oxygen atoms in total. The van der Waals surface area contributed by atoms with Crippen molar-refractivity contribution in [2.75, 3.05) is 0 Å². The Balaban J connectivity index is 2.10. The normalized spacial score (nSPS) is 24.3. The summed E-state index contributed by atoms with van der Waals surface area (Å²) in [5.74, 6) is 1.46. The fourth-order valence-electron chi connectivity index (χ4n) is 2.34. The summed E-state index contributed by atoms with van der Waals surface area (Å²) in [6, 6.07) is 3.74. The van der Waals surface area contributed by atoms with E-state index in [-0.39, 0.29) is 6.10 Å². The minimum absolute atomic E-state index is 0.274. The molecule has 0 aliphatic heterocycles. The SMILES string of the molecule is CC1CCCC(Oc2cccnc2C(N)=S)C1. The van der Waals surface area contributed by atoms with Crippen LogP contribution < -0.4 is 10.5 Å². The summed E-state index contributed by atoms with van der Waals surface area (Å²) in [5.41, 5.74) is 6.23. The zero-order chi connectivity index (χ0) is 12.3. The third-order valence-corrected chi connectivity index (χ3v) is 3.38. The second kappa shape index (κ2) is 5.45. The lowest BCUT2D eigenvalue weighted by atomic mass is 9.89. The molecule has 1 aromatic heterocycles. The van der Waals surface area contributed by atoms with E-state index in [4.69, 9.17) is 22.7 Å². The van der Waals surface area contributed by atoms with Crippen molar-refractivity contribution in [1.29, 1.82) is 0 Å². The van der Waals surface area contributed by atoms with Gasteiger partial charge in [0.2, 0.25) is 0 Å². The van der Waals surface area contributed by atoms with Crippen molar-refractivity contribution in [1.82, 2.24) is 4.98 Å². The quantitative estimate of drug-likeness (QED) is 0.838. The first-order valence-corrected chi connectivity index (χ1v) is 6.49. The topological polar surface area (TPSA) is 48.1 Å². The second-order valence-electron chi connectivity index (χ2n) is 4.73. The van der Waals surface area contributed by atoms with E-state index in [1.807, 2.05) is 12.1 Å². The van der Waals surface area contributed by atoms with Crippen LogP contribution in [0.3, 0.4) is 0 Å². The standard InChI is InChI=1S/C13H18N2OS/c1-9-4-2-5-10(8-9)16-11-6-3-7-15-12(11)13(14)17/h3,6-7,9-10H,2,4-5,8H2,1H3,(H2,14,17). The highest BCUT2D eigenvalue weighted by atomic mass is 32.1. The molecule has 0 amide bonds. The summed E-state index contributed by atoms with van der Waals surface area (Å²) in [6.45, 7) is 2.27. The number of hydrogen-bond donors (Lipinski definition) is 1. The number of rotatable bonds is 3. The highest BCUT2D eigenvalue weighted by molar-refractivity contribution is 7.80. The van der Waals surface area contributed by atoms with Gasteiger partial charge in [0.1, 0.15) is 16.4 Å². The maximum atomic E-state index is 5.99. The number of nitrogens with zero attached hydrogens (tertiary/aromatic N) is 1. The highest BCUT2D eigenvalue weighted by Gasteiger charge is 2.21.